The van der Waals surface area contributed by atoms with Crippen LogP contribution in [0.3, 0.4) is 0 Å². The second-order valence-electron chi connectivity index (χ2n) is 8.43. The van der Waals surface area contributed by atoms with Crippen molar-refractivity contribution in [2.75, 3.05) is 31.2 Å². The third kappa shape index (κ3) is 4.16. The highest BCUT2D eigenvalue weighted by Crippen LogP contribution is 2.26. The van der Waals surface area contributed by atoms with Gasteiger partial charge in [0.25, 0.3) is 0 Å². The highest BCUT2D eigenvalue weighted by Gasteiger charge is 2.20. The molecule has 1 N–H and O–H groups in total. The first-order valence-corrected chi connectivity index (χ1v) is 11.6. The second-order valence-corrected chi connectivity index (χ2v) is 8.43. The number of carbonyl (C=O) groups is 1. The molecule has 0 aliphatic carbocycles. The Kier molecular flexibility index (Phi) is 5.59. The minimum atomic E-state index is -1.02. The van der Waals surface area contributed by atoms with Crippen LogP contribution in [0.25, 0.3) is 40.1 Å². The van der Waals surface area contributed by atoms with Gasteiger partial charge in [-0.3, -0.25) is 9.38 Å². The molecule has 1 aliphatic rings. The molecule has 9 heteroatoms. The first-order valence-electron chi connectivity index (χ1n) is 11.6. The van der Waals surface area contributed by atoms with Crippen LogP contribution < -0.4 is 4.90 Å². The molecule has 1 fully saturated rings. The van der Waals surface area contributed by atoms with Crippen LogP contribution in [0.1, 0.15) is 21.7 Å². The molecular weight excluding hydrogens is 456 g/mol. The number of benzene rings is 1. The molecular formula is C27H22N6O3. The van der Waals surface area contributed by atoms with Gasteiger partial charge in [-0.05, 0) is 36.4 Å². The van der Waals surface area contributed by atoms with Crippen molar-refractivity contribution in [3.8, 4) is 11.4 Å². The lowest BCUT2D eigenvalue weighted by Gasteiger charge is -2.28. The van der Waals surface area contributed by atoms with Crippen LogP contribution >= 0.6 is 0 Å². The van der Waals surface area contributed by atoms with Crippen molar-refractivity contribution in [1.29, 1.82) is 0 Å². The number of morpholine rings is 1. The van der Waals surface area contributed by atoms with Crippen LogP contribution in [0.15, 0.2) is 67.1 Å². The van der Waals surface area contributed by atoms with E-state index in [-0.39, 0.29) is 5.56 Å². The summed E-state index contributed by atoms with van der Waals surface area (Å²) in [5.41, 5.74) is 4.67. The van der Waals surface area contributed by atoms with Crippen molar-refractivity contribution >= 4 is 40.5 Å². The number of aromatic nitrogens is 5. The molecule has 5 aromatic rings. The lowest BCUT2D eigenvalue weighted by Crippen LogP contribution is -2.37. The Bertz CT molecular complexity index is 1600. The zero-order valence-electron chi connectivity index (χ0n) is 19.3. The van der Waals surface area contributed by atoms with Gasteiger partial charge in [0.05, 0.1) is 53.3 Å². The Morgan fingerprint density at radius 3 is 2.56 bits per heavy atom. The zero-order valence-corrected chi connectivity index (χ0v) is 19.3. The number of pyridine rings is 2. The summed E-state index contributed by atoms with van der Waals surface area (Å²) in [4.78, 5) is 32.1. The van der Waals surface area contributed by atoms with E-state index in [9.17, 15) is 9.90 Å². The number of ether oxygens (including phenoxy) is 1. The Morgan fingerprint density at radius 2 is 1.75 bits per heavy atom. The van der Waals surface area contributed by atoms with Gasteiger partial charge in [0.1, 0.15) is 0 Å². The third-order valence-corrected chi connectivity index (χ3v) is 6.12. The molecule has 0 bridgehead atoms. The maximum absolute atomic E-state index is 11.2. The average molecular weight is 479 g/mol. The molecule has 1 aliphatic heterocycles. The van der Waals surface area contributed by atoms with E-state index < -0.39 is 5.97 Å². The van der Waals surface area contributed by atoms with Crippen LogP contribution in [-0.2, 0) is 4.74 Å². The number of para-hydroxylation sites is 1. The molecule has 1 saturated heterocycles. The molecule has 5 heterocycles. The summed E-state index contributed by atoms with van der Waals surface area (Å²) < 4.78 is 7.46. The summed E-state index contributed by atoms with van der Waals surface area (Å²) >= 11 is 0. The minimum Gasteiger partial charge on any atom is -0.478 e. The fourth-order valence-electron chi connectivity index (χ4n) is 4.27. The van der Waals surface area contributed by atoms with Gasteiger partial charge in [-0.1, -0.05) is 24.3 Å². The normalized spacial score (nSPS) is 14.2. The average Bonchev–Trinajstić information content (AvgIpc) is 3.36. The molecule has 36 heavy (non-hydrogen) atoms. The van der Waals surface area contributed by atoms with Crippen molar-refractivity contribution in [1.82, 2.24) is 24.3 Å². The molecule has 4 aromatic heterocycles. The molecule has 0 radical (unpaired) electrons. The number of carboxylic acids is 1. The van der Waals surface area contributed by atoms with Gasteiger partial charge in [0.2, 0.25) is 0 Å². The summed E-state index contributed by atoms with van der Waals surface area (Å²) in [6, 6.07) is 15.3. The van der Waals surface area contributed by atoms with Gasteiger partial charge in [0, 0.05) is 30.9 Å². The topological polar surface area (TPSA) is 106 Å². The van der Waals surface area contributed by atoms with Crippen LogP contribution in [0.2, 0.25) is 0 Å². The Balaban J connectivity index is 1.42. The zero-order chi connectivity index (χ0) is 24.5. The van der Waals surface area contributed by atoms with E-state index in [1.807, 2.05) is 53.1 Å². The van der Waals surface area contributed by atoms with Crippen LogP contribution in [0, 0.1) is 0 Å². The van der Waals surface area contributed by atoms with E-state index in [1.165, 1.54) is 12.3 Å². The van der Waals surface area contributed by atoms with Crippen molar-refractivity contribution in [2.24, 2.45) is 0 Å². The van der Waals surface area contributed by atoms with Gasteiger partial charge >= 0.3 is 5.97 Å². The molecule has 0 unspecified atom stereocenters. The van der Waals surface area contributed by atoms with Gasteiger partial charge in [-0.2, -0.15) is 0 Å². The number of carboxylic acid groups (broad SMARTS) is 1. The number of rotatable bonds is 5. The predicted molar refractivity (Wildman–Crippen MR) is 137 cm³/mol. The fraction of sp³-hybridized carbons (Fsp3) is 0.148. The van der Waals surface area contributed by atoms with Crippen molar-refractivity contribution in [3.05, 3.63) is 84.1 Å². The number of fused-ring (bicyclic) bond motifs is 2. The van der Waals surface area contributed by atoms with E-state index in [4.69, 9.17) is 19.7 Å². The second kappa shape index (κ2) is 9.20. The van der Waals surface area contributed by atoms with Crippen molar-refractivity contribution < 1.29 is 14.6 Å². The third-order valence-electron chi connectivity index (χ3n) is 6.12. The molecule has 0 spiro atoms. The SMILES string of the molecule is O=C(O)c1ccc(-c2cnc(N3CCOCC3)c3nc(/C=C/c4ccc5ccccc5n4)cn23)nc1. The first kappa shape index (κ1) is 21.9. The summed E-state index contributed by atoms with van der Waals surface area (Å²) in [7, 11) is 0. The molecule has 0 saturated carbocycles. The summed E-state index contributed by atoms with van der Waals surface area (Å²) in [6.07, 6.45) is 8.90. The largest absolute Gasteiger partial charge is 0.478 e. The van der Waals surface area contributed by atoms with Gasteiger partial charge in [0.15, 0.2) is 11.5 Å². The van der Waals surface area contributed by atoms with Crippen LogP contribution in [0.5, 0.6) is 0 Å². The van der Waals surface area contributed by atoms with E-state index >= 15 is 0 Å². The van der Waals surface area contributed by atoms with E-state index in [1.54, 1.807) is 12.3 Å². The monoisotopic (exact) mass is 478 g/mol. The van der Waals surface area contributed by atoms with Crippen LogP contribution in [-0.4, -0.2) is 61.7 Å². The number of aromatic carboxylic acids is 1. The highest BCUT2D eigenvalue weighted by atomic mass is 16.5. The first-order chi connectivity index (χ1) is 17.7. The highest BCUT2D eigenvalue weighted by molar-refractivity contribution is 5.87. The number of nitrogens with zero attached hydrogens (tertiary/aromatic N) is 6. The Morgan fingerprint density at radius 1 is 0.917 bits per heavy atom. The molecule has 9 nitrogen and oxygen atoms in total. The maximum Gasteiger partial charge on any atom is 0.337 e. The predicted octanol–water partition coefficient (Wildman–Crippen LogP) is 4.04. The van der Waals surface area contributed by atoms with Crippen molar-refractivity contribution in [3.63, 3.8) is 0 Å². The van der Waals surface area contributed by atoms with Gasteiger partial charge in [-0.25, -0.2) is 19.7 Å². The number of hydrogen-bond acceptors (Lipinski definition) is 7. The van der Waals surface area contributed by atoms with Crippen molar-refractivity contribution in [2.45, 2.75) is 0 Å². The molecule has 1 aromatic carbocycles. The minimum absolute atomic E-state index is 0.130. The lowest BCUT2D eigenvalue weighted by molar-refractivity contribution is 0.0696. The Labute approximate surface area is 206 Å². The van der Waals surface area contributed by atoms with E-state index in [0.29, 0.717) is 24.6 Å². The molecule has 0 amide bonds. The number of anilines is 1. The summed E-state index contributed by atoms with van der Waals surface area (Å²) in [5.74, 6) is -0.245. The summed E-state index contributed by atoms with van der Waals surface area (Å²) in [5, 5.41) is 10.3. The van der Waals surface area contributed by atoms with E-state index in [2.05, 4.69) is 16.0 Å². The number of hydrogen-bond donors (Lipinski definition) is 1. The van der Waals surface area contributed by atoms with Crippen LogP contribution in [0.4, 0.5) is 5.82 Å². The maximum atomic E-state index is 11.2. The fourth-order valence-corrected chi connectivity index (χ4v) is 4.27. The lowest BCUT2D eigenvalue weighted by atomic mass is 10.2. The van der Waals surface area contributed by atoms with Gasteiger partial charge in [-0.15, -0.1) is 0 Å². The smallest absolute Gasteiger partial charge is 0.337 e. The standard InChI is InChI=1S/C27H22N6O3/c34-27(35)19-6-10-23(28-15-19)24-16-29-25(32-11-13-36-14-12-32)26-31-21(17-33(24)26)9-8-20-7-5-18-3-1-2-4-22(18)30-20/h1-10,15-17H,11-14H2,(H,34,35)/b9-8+. The molecule has 178 valence electrons. The molecule has 0 atom stereocenters. The Hall–Kier alpha value is -4.63. The quantitative estimate of drug-likeness (QED) is 0.403. The summed E-state index contributed by atoms with van der Waals surface area (Å²) in [6.45, 7) is 2.73. The number of imidazole rings is 1. The van der Waals surface area contributed by atoms with Gasteiger partial charge < -0.3 is 14.7 Å². The molecule has 6 rings (SSSR count). The van der Waals surface area contributed by atoms with E-state index in [0.717, 1.165) is 46.9 Å².